The third-order valence-corrected chi connectivity index (χ3v) is 3.29. The number of hydrogen-bond acceptors (Lipinski definition) is 2. The molecule has 1 saturated carbocycles. The van der Waals surface area contributed by atoms with Crippen LogP contribution in [0.15, 0.2) is 24.3 Å². The fourth-order valence-corrected chi connectivity index (χ4v) is 2.03. The lowest BCUT2D eigenvalue weighted by Gasteiger charge is -2.39. The quantitative estimate of drug-likeness (QED) is 0.771. The minimum absolute atomic E-state index is 0.0660. The standard InChI is InChI=1S/C12H14FNO/c13-10-4-2-9(3-5-10)11(15)12(8-14)6-1-7-12/h2-5H,1,6-8,14H2. The van der Waals surface area contributed by atoms with Crippen molar-refractivity contribution in [2.45, 2.75) is 19.3 Å². The van der Waals surface area contributed by atoms with Crippen molar-refractivity contribution in [3.05, 3.63) is 35.6 Å². The van der Waals surface area contributed by atoms with Crippen LogP contribution in [-0.2, 0) is 0 Å². The van der Waals surface area contributed by atoms with Gasteiger partial charge in [-0.05, 0) is 37.1 Å². The highest BCUT2D eigenvalue weighted by Gasteiger charge is 2.42. The fourth-order valence-electron chi connectivity index (χ4n) is 2.03. The number of hydrogen-bond donors (Lipinski definition) is 1. The van der Waals surface area contributed by atoms with E-state index >= 15 is 0 Å². The van der Waals surface area contributed by atoms with Gasteiger partial charge in [-0.3, -0.25) is 4.79 Å². The van der Waals surface area contributed by atoms with Crippen molar-refractivity contribution >= 4 is 5.78 Å². The summed E-state index contributed by atoms with van der Waals surface area (Å²) in [6.45, 7) is 0.392. The van der Waals surface area contributed by atoms with Crippen LogP contribution in [0.4, 0.5) is 4.39 Å². The summed E-state index contributed by atoms with van der Waals surface area (Å²) in [5.41, 5.74) is 5.85. The maximum atomic E-state index is 12.7. The van der Waals surface area contributed by atoms with E-state index in [1.807, 2.05) is 0 Å². The first-order chi connectivity index (χ1) is 7.18. The lowest BCUT2D eigenvalue weighted by Crippen LogP contribution is -2.44. The number of nitrogens with two attached hydrogens (primary N) is 1. The molecule has 2 rings (SSSR count). The second-order valence-corrected chi connectivity index (χ2v) is 4.17. The first-order valence-corrected chi connectivity index (χ1v) is 5.18. The largest absolute Gasteiger partial charge is 0.329 e. The van der Waals surface area contributed by atoms with Crippen LogP contribution in [0.5, 0.6) is 0 Å². The molecule has 0 spiro atoms. The van der Waals surface area contributed by atoms with Gasteiger partial charge in [0.2, 0.25) is 0 Å². The Labute approximate surface area is 88.3 Å². The monoisotopic (exact) mass is 207 g/mol. The molecule has 0 amide bonds. The molecule has 3 heteroatoms. The van der Waals surface area contributed by atoms with Crippen molar-refractivity contribution in [2.24, 2.45) is 11.1 Å². The Bertz CT molecular complexity index is 362. The lowest BCUT2D eigenvalue weighted by atomic mass is 9.64. The Morgan fingerprint density at radius 2 is 1.93 bits per heavy atom. The summed E-state index contributed by atoms with van der Waals surface area (Å²) in [6, 6.07) is 5.70. The van der Waals surface area contributed by atoms with Crippen molar-refractivity contribution in [3.63, 3.8) is 0 Å². The van der Waals surface area contributed by atoms with E-state index in [1.165, 1.54) is 24.3 Å². The summed E-state index contributed by atoms with van der Waals surface area (Å²) in [6.07, 6.45) is 2.78. The van der Waals surface area contributed by atoms with E-state index in [2.05, 4.69) is 0 Å². The molecule has 1 aliphatic carbocycles. The minimum Gasteiger partial charge on any atom is -0.329 e. The second kappa shape index (κ2) is 3.74. The van der Waals surface area contributed by atoms with Crippen LogP contribution in [0.3, 0.4) is 0 Å². The highest BCUT2D eigenvalue weighted by Crippen LogP contribution is 2.42. The number of carbonyl (C=O) groups is 1. The zero-order valence-electron chi connectivity index (χ0n) is 8.50. The fraction of sp³-hybridized carbons (Fsp3) is 0.417. The second-order valence-electron chi connectivity index (χ2n) is 4.17. The van der Waals surface area contributed by atoms with Gasteiger partial charge < -0.3 is 5.73 Å². The molecule has 2 nitrogen and oxygen atoms in total. The molecule has 1 aromatic rings. The summed E-state index contributed by atoms with van der Waals surface area (Å²) in [5, 5.41) is 0. The minimum atomic E-state index is -0.363. The zero-order valence-corrected chi connectivity index (χ0v) is 8.50. The van der Waals surface area contributed by atoms with Crippen LogP contribution < -0.4 is 5.73 Å². The van der Waals surface area contributed by atoms with Gasteiger partial charge in [0.1, 0.15) is 5.82 Å². The Hall–Kier alpha value is -1.22. The van der Waals surface area contributed by atoms with Gasteiger partial charge in [-0.25, -0.2) is 4.39 Å². The Balaban J connectivity index is 2.24. The molecule has 0 unspecified atom stereocenters. The lowest BCUT2D eigenvalue weighted by molar-refractivity contribution is 0.0636. The Morgan fingerprint density at radius 1 is 1.33 bits per heavy atom. The van der Waals surface area contributed by atoms with E-state index in [9.17, 15) is 9.18 Å². The van der Waals surface area contributed by atoms with Gasteiger partial charge in [0.05, 0.1) is 0 Å². The predicted molar refractivity (Wildman–Crippen MR) is 56.1 cm³/mol. The average molecular weight is 207 g/mol. The topological polar surface area (TPSA) is 43.1 Å². The Morgan fingerprint density at radius 3 is 2.33 bits per heavy atom. The summed E-state index contributed by atoms with van der Waals surface area (Å²) in [5.74, 6) is -0.252. The molecule has 0 bridgehead atoms. The Kier molecular flexibility index (Phi) is 2.57. The highest BCUT2D eigenvalue weighted by molar-refractivity contribution is 6.01. The summed E-state index contributed by atoms with van der Waals surface area (Å²) >= 11 is 0. The number of rotatable bonds is 3. The van der Waals surface area contributed by atoms with Crippen LogP contribution in [0.2, 0.25) is 0 Å². The van der Waals surface area contributed by atoms with Crippen molar-refractivity contribution in [1.82, 2.24) is 0 Å². The average Bonchev–Trinajstić information content (AvgIpc) is 2.18. The smallest absolute Gasteiger partial charge is 0.170 e. The van der Waals surface area contributed by atoms with Crippen LogP contribution in [0.25, 0.3) is 0 Å². The molecule has 0 radical (unpaired) electrons. The van der Waals surface area contributed by atoms with Gasteiger partial charge in [-0.1, -0.05) is 6.42 Å². The van der Waals surface area contributed by atoms with Gasteiger partial charge in [-0.2, -0.15) is 0 Å². The third-order valence-electron chi connectivity index (χ3n) is 3.29. The SMILES string of the molecule is NCC1(C(=O)c2ccc(F)cc2)CCC1. The van der Waals surface area contributed by atoms with Gasteiger partial charge in [0.15, 0.2) is 5.78 Å². The van der Waals surface area contributed by atoms with Gasteiger partial charge in [0, 0.05) is 17.5 Å². The molecule has 2 N–H and O–H groups in total. The van der Waals surface area contributed by atoms with Gasteiger partial charge >= 0.3 is 0 Å². The van der Waals surface area contributed by atoms with Crippen molar-refractivity contribution in [3.8, 4) is 0 Å². The van der Waals surface area contributed by atoms with Crippen LogP contribution in [0.1, 0.15) is 29.6 Å². The van der Waals surface area contributed by atoms with Crippen LogP contribution in [-0.4, -0.2) is 12.3 Å². The number of carbonyl (C=O) groups excluding carboxylic acids is 1. The third kappa shape index (κ3) is 1.67. The molecule has 1 aliphatic rings. The van der Waals surface area contributed by atoms with E-state index in [-0.39, 0.29) is 17.0 Å². The van der Waals surface area contributed by atoms with Gasteiger partial charge in [0.25, 0.3) is 0 Å². The van der Waals surface area contributed by atoms with E-state index < -0.39 is 0 Å². The summed E-state index contributed by atoms with van der Waals surface area (Å²) in [4.78, 5) is 12.1. The summed E-state index contributed by atoms with van der Waals surface area (Å²) < 4.78 is 12.7. The first kappa shape index (κ1) is 10.3. The molecule has 1 aromatic carbocycles. The molecule has 0 aliphatic heterocycles. The normalized spacial score (nSPS) is 18.3. The first-order valence-electron chi connectivity index (χ1n) is 5.18. The van der Waals surface area contributed by atoms with E-state index in [4.69, 9.17) is 5.73 Å². The molecule has 80 valence electrons. The number of Topliss-reactive ketones (excluding diaryl/α,β-unsaturated/α-hetero) is 1. The van der Waals surface area contributed by atoms with Crippen molar-refractivity contribution < 1.29 is 9.18 Å². The number of ketones is 1. The van der Waals surface area contributed by atoms with Crippen LogP contribution >= 0.6 is 0 Å². The molecule has 1 fully saturated rings. The van der Waals surface area contributed by atoms with Crippen LogP contribution in [0, 0.1) is 11.2 Å². The van der Waals surface area contributed by atoms with E-state index in [1.54, 1.807) is 0 Å². The molecular weight excluding hydrogens is 193 g/mol. The number of benzene rings is 1. The van der Waals surface area contributed by atoms with Crippen molar-refractivity contribution in [2.75, 3.05) is 6.54 Å². The molecule has 15 heavy (non-hydrogen) atoms. The number of halogens is 1. The zero-order chi connectivity index (χ0) is 10.9. The molecule has 0 heterocycles. The molecule has 0 atom stereocenters. The molecular formula is C12H14FNO. The predicted octanol–water partition coefficient (Wildman–Crippen LogP) is 2.14. The van der Waals surface area contributed by atoms with Gasteiger partial charge in [-0.15, -0.1) is 0 Å². The van der Waals surface area contributed by atoms with E-state index in [0.717, 1.165) is 19.3 Å². The molecule has 0 aromatic heterocycles. The van der Waals surface area contributed by atoms with Crippen molar-refractivity contribution in [1.29, 1.82) is 0 Å². The highest BCUT2D eigenvalue weighted by atomic mass is 19.1. The maximum absolute atomic E-state index is 12.7. The molecule has 0 saturated heterocycles. The maximum Gasteiger partial charge on any atom is 0.170 e. The van der Waals surface area contributed by atoms with E-state index in [0.29, 0.717) is 12.1 Å². The summed E-state index contributed by atoms with van der Waals surface area (Å²) in [7, 11) is 0.